The van der Waals surface area contributed by atoms with Crippen molar-refractivity contribution in [1.29, 1.82) is 0 Å². The zero-order chi connectivity index (χ0) is 17.4. The first-order valence-electron chi connectivity index (χ1n) is 8.46. The van der Waals surface area contributed by atoms with Crippen LogP contribution in [0.3, 0.4) is 0 Å². The zero-order valence-corrected chi connectivity index (χ0v) is 16.1. The maximum absolute atomic E-state index is 13.2. The van der Waals surface area contributed by atoms with E-state index >= 15 is 0 Å². The standard InChI is InChI=1S/C17H19F2N5O.2ClH/c18-17(19)9-13(20-10-17)16(25)21-12-6-4-11(5-7-12)15-23-22-14-3-1-2-8-24(14)15;;/h4-7,13,20H,1-3,8-10H2,(H,21,25);2*1H. The number of aromatic nitrogens is 3. The van der Waals surface area contributed by atoms with Crippen LogP contribution in [0.5, 0.6) is 0 Å². The summed E-state index contributed by atoms with van der Waals surface area (Å²) in [4.78, 5) is 12.1. The molecule has 2 aliphatic rings. The molecule has 2 aliphatic heterocycles. The molecule has 1 aromatic carbocycles. The van der Waals surface area contributed by atoms with Crippen molar-refractivity contribution < 1.29 is 13.6 Å². The number of amides is 1. The molecule has 1 fully saturated rings. The van der Waals surface area contributed by atoms with Crippen molar-refractivity contribution in [2.24, 2.45) is 0 Å². The van der Waals surface area contributed by atoms with Crippen LogP contribution >= 0.6 is 24.8 Å². The number of benzene rings is 1. The Kier molecular flexibility index (Phi) is 6.77. The van der Waals surface area contributed by atoms with Gasteiger partial charge in [-0.25, -0.2) is 8.78 Å². The maximum Gasteiger partial charge on any atom is 0.262 e. The highest BCUT2D eigenvalue weighted by atomic mass is 35.5. The molecular formula is C17H21Cl2F2N5O. The molecule has 1 unspecified atom stereocenters. The molecule has 1 aromatic heterocycles. The Labute approximate surface area is 167 Å². The number of aryl methyl sites for hydroxylation is 1. The van der Waals surface area contributed by atoms with Crippen LogP contribution in [0.15, 0.2) is 24.3 Å². The van der Waals surface area contributed by atoms with Gasteiger partial charge in [-0.3, -0.25) is 10.1 Å². The van der Waals surface area contributed by atoms with Gasteiger partial charge in [-0.05, 0) is 37.1 Å². The SMILES string of the molecule is Cl.Cl.O=C(Nc1ccc(-c2nnc3n2CCCC3)cc1)C1CC(F)(F)CN1. The average molecular weight is 420 g/mol. The molecule has 1 saturated heterocycles. The number of nitrogens with zero attached hydrogens (tertiary/aromatic N) is 3. The third kappa shape index (κ3) is 4.56. The fourth-order valence-electron chi connectivity index (χ4n) is 3.35. The lowest BCUT2D eigenvalue weighted by atomic mass is 10.1. The topological polar surface area (TPSA) is 71.8 Å². The third-order valence-electron chi connectivity index (χ3n) is 4.70. The van der Waals surface area contributed by atoms with Crippen molar-refractivity contribution in [2.45, 2.75) is 44.2 Å². The molecule has 1 amide bonds. The number of nitrogens with one attached hydrogen (secondary N) is 2. The molecule has 148 valence electrons. The lowest BCUT2D eigenvalue weighted by molar-refractivity contribution is -0.118. The predicted molar refractivity (Wildman–Crippen MR) is 103 cm³/mol. The molecule has 2 N–H and O–H groups in total. The highest BCUT2D eigenvalue weighted by Gasteiger charge is 2.42. The number of carbonyl (C=O) groups excluding carboxylic acids is 1. The summed E-state index contributed by atoms with van der Waals surface area (Å²) in [6.45, 7) is 0.458. The molecule has 0 spiro atoms. The van der Waals surface area contributed by atoms with Gasteiger partial charge in [-0.2, -0.15) is 0 Å². The number of rotatable bonds is 3. The first-order chi connectivity index (χ1) is 12.0. The van der Waals surface area contributed by atoms with Gasteiger partial charge in [0.2, 0.25) is 5.91 Å². The lowest BCUT2D eigenvalue weighted by Gasteiger charge is -2.15. The summed E-state index contributed by atoms with van der Waals surface area (Å²) in [6, 6.07) is 6.37. The number of anilines is 1. The van der Waals surface area contributed by atoms with Gasteiger partial charge < -0.3 is 9.88 Å². The minimum Gasteiger partial charge on any atom is -0.325 e. The largest absolute Gasteiger partial charge is 0.325 e. The van der Waals surface area contributed by atoms with Gasteiger partial charge in [-0.1, -0.05) is 0 Å². The van der Waals surface area contributed by atoms with Gasteiger partial charge in [0.15, 0.2) is 5.82 Å². The van der Waals surface area contributed by atoms with Gasteiger partial charge >= 0.3 is 0 Å². The molecule has 3 heterocycles. The van der Waals surface area contributed by atoms with E-state index < -0.39 is 30.8 Å². The quantitative estimate of drug-likeness (QED) is 0.801. The van der Waals surface area contributed by atoms with Crippen LogP contribution < -0.4 is 10.6 Å². The summed E-state index contributed by atoms with van der Waals surface area (Å²) in [5.74, 6) is -1.43. The van der Waals surface area contributed by atoms with Crippen LogP contribution in [-0.4, -0.2) is 39.2 Å². The highest BCUT2D eigenvalue weighted by Crippen LogP contribution is 2.27. The fraction of sp³-hybridized carbons (Fsp3) is 0.471. The van der Waals surface area contributed by atoms with Gasteiger partial charge in [0.05, 0.1) is 12.6 Å². The molecule has 27 heavy (non-hydrogen) atoms. The molecular weight excluding hydrogens is 399 g/mol. The second-order valence-corrected chi connectivity index (χ2v) is 6.61. The van der Waals surface area contributed by atoms with E-state index in [1.54, 1.807) is 12.1 Å². The van der Waals surface area contributed by atoms with Gasteiger partial charge in [0.1, 0.15) is 5.82 Å². The summed E-state index contributed by atoms with van der Waals surface area (Å²) in [5.41, 5.74) is 1.49. The maximum atomic E-state index is 13.2. The van der Waals surface area contributed by atoms with Gasteiger partial charge in [0.25, 0.3) is 5.92 Å². The minimum atomic E-state index is -2.82. The molecule has 0 saturated carbocycles. The lowest BCUT2D eigenvalue weighted by Crippen LogP contribution is -2.35. The van der Waals surface area contributed by atoms with E-state index in [0.29, 0.717) is 5.69 Å². The van der Waals surface area contributed by atoms with Gasteiger partial charge in [-0.15, -0.1) is 35.0 Å². The molecule has 1 atom stereocenters. The van der Waals surface area contributed by atoms with E-state index in [-0.39, 0.29) is 24.8 Å². The van der Waals surface area contributed by atoms with Crippen LogP contribution in [0.1, 0.15) is 25.1 Å². The molecule has 2 aromatic rings. The Hall–Kier alpha value is -1.77. The van der Waals surface area contributed by atoms with Crippen LogP contribution in [0.4, 0.5) is 14.5 Å². The van der Waals surface area contributed by atoms with Crippen LogP contribution in [0.2, 0.25) is 0 Å². The van der Waals surface area contributed by atoms with Gasteiger partial charge in [0, 0.05) is 30.6 Å². The number of halogens is 4. The van der Waals surface area contributed by atoms with E-state index in [4.69, 9.17) is 0 Å². The Bertz CT molecular complexity index is 797. The smallest absolute Gasteiger partial charge is 0.262 e. The van der Waals surface area contributed by atoms with Crippen molar-refractivity contribution in [1.82, 2.24) is 20.1 Å². The molecule has 10 heteroatoms. The number of fused-ring (bicyclic) bond motifs is 1. The van der Waals surface area contributed by atoms with Crippen molar-refractivity contribution in [3.05, 3.63) is 30.1 Å². The Morgan fingerprint density at radius 2 is 1.93 bits per heavy atom. The zero-order valence-electron chi connectivity index (χ0n) is 14.5. The molecule has 0 radical (unpaired) electrons. The van der Waals surface area contributed by atoms with Crippen molar-refractivity contribution in [3.8, 4) is 11.4 Å². The summed E-state index contributed by atoms with van der Waals surface area (Å²) in [7, 11) is 0. The Balaban J connectivity index is 0.00000131. The van der Waals surface area contributed by atoms with Crippen LogP contribution in [-0.2, 0) is 17.8 Å². The average Bonchev–Trinajstić information content (AvgIpc) is 3.19. The number of hydrogen-bond acceptors (Lipinski definition) is 4. The summed E-state index contributed by atoms with van der Waals surface area (Å²) in [6.07, 6.45) is 2.73. The van der Waals surface area contributed by atoms with E-state index in [0.717, 1.165) is 43.0 Å². The number of carbonyl (C=O) groups is 1. The van der Waals surface area contributed by atoms with Crippen LogP contribution in [0, 0.1) is 0 Å². The molecule has 0 bridgehead atoms. The molecule has 0 aliphatic carbocycles. The third-order valence-corrected chi connectivity index (χ3v) is 4.70. The van der Waals surface area contributed by atoms with Crippen molar-refractivity contribution in [2.75, 3.05) is 11.9 Å². The monoisotopic (exact) mass is 419 g/mol. The Morgan fingerprint density at radius 3 is 2.59 bits per heavy atom. The molecule has 4 rings (SSSR count). The summed E-state index contributed by atoms with van der Waals surface area (Å²) >= 11 is 0. The van der Waals surface area contributed by atoms with Crippen molar-refractivity contribution in [3.63, 3.8) is 0 Å². The van der Waals surface area contributed by atoms with E-state index in [1.807, 2.05) is 12.1 Å². The van der Waals surface area contributed by atoms with E-state index in [9.17, 15) is 13.6 Å². The normalized spacial score (nSPS) is 20.1. The Morgan fingerprint density at radius 1 is 1.19 bits per heavy atom. The highest BCUT2D eigenvalue weighted by molar-refractivity contribution is 5.95. The minimum absolute atomic E-state index is 0. The second-order valence-electron chi connectivity index (χ2n) is 6.61. The van der Waals surface area contributed by atoms with Crippen LogP contribution in [0.25, 0.3) is 11.4 Å². The second kappa shape index (κ2) is 8.50. The van der Waals surface area contributed by atoms with E-state index in [2.05, 4.69) is 25.4 Å². The summed E-state index contributed by atoms with van der Waals surface area (Å²) in [5, 5.41) is 13.7. The number of alkyl halides is 2. The van der Waals surface area contributed by atoms with Crippen molar-refractivity contribution >= 4 is 36.4 Å². The predicted octanol–water partition coefficient (Wildman–Crippen LogP) is 3.06. The van der Waals surface area contributed by atoms with E-state index in [1.165, 1.54) is 0 Å². The first-order valence-corrected chi connectivity index (χ1v) is 8.46. The summed E-state index contributed by atoms with van der Waals surface area (Å²) < 4.78 is 28.5. The molecule has 6 nitrogen and oxygen atoms in total. The number of hydrogen-bond donors (Lipinski definition) is 2. The fourth-order valence-corrected chi connectivity index (χ4v) is 3.35. The first kappa shape index (κ1) is 21.5.